The van der Waals surface area contributed by atoms with Crippen molar-refractivity contribution in [2.24, 2.45) is 0 Å². The molecule has 0 saturated heterocycles. The van der Waals surface area contributed by atoms with E-state index < -0.39 is 0 Å². The third-order valence-corrected chi connectivity index (χ3v) is 21.1. The van der Waals surface area contributed by atoms with Gasteiger partial charge < -0.3 is 8.83 Å². The molecular formula is C100H62N2O2. The number of benzene rings is 17. The van der Waals surface area contributed by atoms with E-state index in [0.29, 0.717) is 0 Å². The Morgan fingerprint density at radius 2 is 0.500 bits per heavy atom. The third kappa shape index (κ3) is 10.3. The summed E-state index contributed by atoms with van der Waals surface area (Å²) in [7, 11) is 0. The number of fused-ring (bicyclic) bond motifs is 14. The van der Waals surface area contributed by atoms with Crippen LogP contribution in [0.25, 0.3) is 209 Å². The van der Waals surface area contributed by atoms with Crippen molar-refractivity contribution in [3.8, 4) is 100 Å². The SMILES string of the molecule is c1ccc(-c2ccc(-c3c4ccccc4c(-c4ccc(-c5ccc(-c6ccc7oc8ccc9ccccc9c8c7c6)cc5)cn4)c4ccccc34)cc2)cc1.c1ccc(-c2ccc(-c3c4ccccc4c(-c4ccc(-c5cccc6oc7ccc8ccccc8c7c56)cn4)c4ccccc34)cc2)cc1. The van der Waals surface area contributed by atoms with E-state index in [2.05, 4.69) is 364 Å². The summed E-state index contributed by atoms with van der Waals surface area (Å²) in [6.45, 7) is 0. The Kier molecular flexibility index (Phi) is 14.5. The van der Waals surface area contributed by atoms with Gasteiger partial charge in [-0.05, 0) is 174 Å². The molecule has 0 bridgehead atoms. The summed E-state index contributed by atoms with van der Waals surface area (Å²) >= 11 is 0. The second kappa shape index (κ2) is 25.1. The van der Waals surface area contributed by atoms with Crippen LogP contribution in [0.3, 0.4) is 0 Å². The zero-order valence-corrected chi connectivity index (χ0v) is 56.5. The standard InChI is InChI=1S/C53H33NO.C47H29NO/c1-2-10-34(11-3-1)35-22-24-39(25-23-35)51-43-14-6-8-16-45(43)52(46-17-9-7-15-44(46)51)48-29-26-41(33-54-48)37-20-18-36(19-21-37)40-28-30-49-47(32-40)53-42-13-5-4-12-38(42)27-31-50(53)55-49;1-2-11-30(12-3-1)31-21-23-33(24-22-31)44-37-15-6-8-17-39(37)45(40-18-9-7-16-38(40)44)41-27-25-34(29-48-41)36-19-10-20-42-47(36)46-35-14-5-4-13-32(35)26-28-43(46)49-42/h1-33H;1-29H. The van der Waals surface area contributed by atoms with Crippen molar-refractivity contribution in [2.45, 2.75) is 0 Å². The van der Waals surface area contributed by atoms with Gasteiger partial charge in [-0.1, -0.05) is 322 Å². The molecule has 0 atom stereocenters. The molecule has 21 aromatic rings. The summed E-state index contributed by atoms with van der Waals surface area (Å²) in [4.78, 5) is 10.3. The topological polar surface area (TPSA) is 52.1 Å². The van der Waals surface area contributed by atoms with Gasteiger partial charge in [0.1, 0.15) is 22.3 Å². The van der Waals surface area contributed by atoms with Crippen LogP contribution in [0.5, 0.6) is 0 Å². The van der Waals surface area contributed by atoms with Crippen LogP contribution in [0.15, 0.2) is 385 Å². The summed E-state index contributed by atoms with van der Waals surface area (Å²) in [6.07, 6.45) is 4.03. The summed E-state index contributed by atoms with van der Waals surface area (Å²) in [5.74, 6) is 0. The van der Waals surface area contributed by atoms with Gasteiger partial charge in [0, 0.05) is 56.2 Å². The van der Waals surface area contributed by atoms with E-state index in [9.17, 15) is 0 Å². The van der Waals surface area contributed by atoms with Gasteiger partial charge in [-0.15, -0.1) is 0 Å². The Morgan fingerprint density at radius 3 is 0.962 bits per heavy atom. The molecule has 21 rings (SSSR count). The van der Waals surface area contributed by atoms with Crippen LogP contribution in [0.2, 0.25) is 0 Å². The second-order valence-electron chi connectivity index (χ2n) is 26.9. The highest BCUT2D eigenvalue weighted by atomic mass is 16.3. The maximum absolute atomic E-state index is 6.37. The lowest BCUT2D eigenvalue weighted by Gasteiger charge is -2.17. The van der Waals surface area contributed by atoms with Crippen LogP contribution < -0.4 is 0 Å². The number of hydrogen-bond acceptors (Lipinski definition) is 4. The molecule has 0 N–H and O–H groups in total. The molecule has 0 aliphatic carbocycles. The summed E-state index contributed by atoms with van der Waals surface area (Å²) in [5, 5.41) is 19.1. The van der Waals surface area contributed by atoms with Crippen LogP contribution in [-0.2, 0) is 0 Å². The van der Waals surface area contributed by atoms with E-state index >= 15 is 0 Å². The van der Waals surface area contributed by atoms with Gasteiger partial charge in [-0.2, -0.15) is 0 Å². The highest BCUT2D eigenvalue weighted by molar-refractivity contribution is 6.25. The Balaban J connectivity index is 0.000000139. The number of hydrogen-bond donors (Lipinski definition) is 0. The van der Waals surface area contributed by atoms with Crippen LogP contribution in [-0.4, -0.2) is 9.97 Å². The highest BCUT2D eigenvalue weighted by Crippen LogP contribution is 2.48. The van der Waals surface area contributed by atoms with Crippen molar-refractivity contribution in [3.63, 3.8) is 0 Å². The number of pyridine rings is 2. The fourth-order valence-corrected chi connectivity index (χ4v) is 16.2. The molecule has 0 fully saturated rings. The van der Waals surface area contributed by atoms with Crippen molar-refractivity contribution >= 4 is 109 Å². The summed E-state index contributed by atoms with van der Waals surface area (Å²) in [5.41, 5.74) is 24.4. The molecule has 4 nitrogen and oxygen atoms in total. The first kappa shape index (κ1) is 60.2. The zero-order chi connectivity index (χ0) is 68.6. The average molecular weight is 1320 g/mol. The van der Waals surface area contributed by atoms with E-state index in [1.165, 1.54) is 115 Å². The van der Waals surface area contributed by atoms with Crippen LogP contribution in [0, 0.1) is 0 Å². The quantitative estimate of drug-likeness (QED) is 0.135. The van der Waals surface area contributed by atoms with Gasteiger partial charge in [0.05, 0.1) is 11.4 Å². The normalized spacial score (nSPS) is 11.7. The number of furan rings is 2. The van der Waals surface area contributed by atoms with Gasteiger partial charge in [-0.25, -0.2) is 0 Å². The maximum atomic E-state index is 6.37. The van der Waals surface area contributed by atoms with Crippen molar-refractivity contribution in [3.05, 3.63) is 376 Å². The maximum Gasteiger partial charge on any atom is 0.136 e. The van der Waals surface area contributed by atoms with Crippen LogP contribution >= 0.6 is 0 Å². The van der Waals surface area contributed by atoms with Gasteiger partial charge in [0.25, 0.3) is 0 Å². The molecule has 0 unspecified atom stereocenters. The van der Waals surface area contributed by atoms with Crippen molar-refractivity contribution in [1.29, 1.82) is 0 Å². The van der Waals surface area contributed by atoms with Gasteiger partial charge in [0.2, 0.25) is 0 Å². The lowest BCUT2D eigenvalue weighted by molar-refractivity contribution is 0.669. The molecule has 104 heavy (non-hydrogen) atoms. The number of rotatable bonds is 9. The summed E-state index contributed by atoms with van der Waals surface area (Å²) < 4.78 is 12.6. The molecular weight excluding hydrogens is 1260 g/mol. The van der Waals surface area contributed by atoms with Crippen LogP contribution in [0.4, 0.5) is 0 Å². The van der Waals surface area contributed by atoms with E-state index in [4.69, 9.17) is 18.8 Å². The Hall–Kier alpha value is -13.8. The minimum atomic E-state index is 0.886. The molecule has 0 aliphatic heterocycles. The lowest BCUT2D eigenvalue weighted by Crippen LogP contribution is -1.93. The molecule has 4 aromatic heterocycles. The van der Waals surface area contributed by atoms with Crippen molar-refractivity contribution in [2.75, 3.05) is 0 Å². The Morgan fingerprint density at radius 1 is 0.173 bits per heavy atom. The predicted octanol–water partition coefficient (Wildman–Crippen LogP) is 27.9. The molecule has 4 heterocycles. The van der Waals surface area contributed by atoms with Gasteiger partial charge in [-0.3, -0.25) is 9.97 Å². The molecule has 17 aromatic carbocycles. The first-order valence-corrected chi connectivity index (χ1v) is 35.5. The van der Waals surface area contributed by atoms with E-state index in [-0.39, 0.29) is 0 Å². The molecule has 0 radical (unpaired) electrons. The summed E-state index contributed by atoms with van der Waals surface area (Å²) in [6, 6.07) is 130. The zero-order valence-electron chi connectivity index (χ0n) is 56.5. The Bertz CT molecular complexity index is 6780. The molecule has 484 valence electrons. The van der Waals surface area contributed by atoms with Gasteiger partial charge in [0.15, 0.2) is 0 Å². The van der Waals surface area contributed by atoms with E-state index in [0.717, 1.165) is 94.4 Å². The van der Waals surface area contributed by atoms with Gasteiger partial charge >= 0.3 is 0 Å². The first-order valence-electron chi connectivity index (χ1n) is 35.5. The molecule has 0 aliphatic rings. The molecule has 0 saturated carbocycles. The van der Waals surface area contributed by atoms with E-state index in [1.807, 2.05) is 12.4 Å². The fourth-order valence-electron chi connectivity index (χ4n) is 16.2. The highest BCUT2D eigenvalue weighted by Gasteiger charge is 2.22. The predicted molar refractivity (Wildman–Crippen MR) is 437 cm³/mol. The van der Waals surface area contributed by atoms with Crippen molar-refractivity contribution in [1.82, 2.24) is 9.97 Å². The number of aromatic nitrogens is 2. The Labute approximate surface area is 600 Å². The van der Waals surface area contributed by atoms with Crippen LogP contribution in [0.1, 0.15) is 0 Å². The lowest BCUT2D eigenvalue weighted by atomic mass is 9.86. The minimum absolute atomic E-state index is 0.886. The fraction of sp³-hybridized carbons (Fsp3) is 0. The second-order valence-corrected chi connectivity index (χ2v) is 26.9. The molecule has 4 heteroatoms. The molecule has 0 amide bonds. The van der Waals surface area contributed by atoms with Crippen molar-refractivity contribution < 1.29 is 8.83 Å². The minimum Gasteiger partial charge on any atom is -0.456 e. The average Bonchev–Trinajstić information content (AvgIpc) is 1.19. The smallest absolute Gasteiger partial charge is 0.136 e. The molecule has 0 spiro atoms. The third-order valence-electron chi connectivity index (χ3n) is 21.1. The van der Waals surface area contributed by atoms with E-state index in [1.54, 1.807) is 0 Å². The number of nitrogens with zero attached hydrogens (tertiary/aromatic N) is 2. The largest absolute Gasteiger partial charge is 0.456 e. The first-order chi connectivity index (χ1) is 51.6. The monoisotopic (exact) mass is 1320 g/mol.